The van der Waals surface area contributed by atoms with Gasteiger partial charge in [0.05, 0.1) is 18.5 Å². The van der Waals surface area contributed by atoms with Crippen LogP contribution in [0, 0.1) is 0 Å². The number of nitrogens with zero attached hydrogens (tertiary/aromatic N) is 3. The van der Waals surface area contributed by atoms with E-state index in [-0.39, 0.29) is 12.8 Å². The molecule has 5 rings (SSSR count). The van der Waals surface area contributed by atoms with E-state index in [1.165, 1.54) is 23.1 Å². The Morgan fingerprint density at radius 1 is 1.10 bits per heavy atom. The second kappa shape index (κ2) is 11.1. The average molecular weight is 563 g/mol. The number of hydrogen-bond acceptors (Lipinski definition) is 6. The number of carbonyl (C=O) groups is 2. The van der Waals surface area contributed by atoms with Gasteiger partial charge in [-0.05, 0) is 60.2 Å². The zero-order valence-corrected chi connectivity index (χ0v) is 24.7. The zero-order valence-electron chi connectivity index (χ0n) is 23.7. The van der Waals surface area contributed by atoms with Crippen LogP contribution in [-0.4, -0.2) is 60.8 Å². The van der Waals surface area contributed by atoms with Crippen molar-refractivity contribution < 1.29 is 24.2 Å². The summed E-state index contributed by atoms with van der Waals surface area (Å²) in [6.07, 6.45) is 3.22. The second-order valence-electron chi connectivity index (χ2n) is 11.9. The minimum absolute atomic E-state index is 0.270. The van der Waals surface area contributed by atoms with Gasteiger partial charge in [0, 0.05) is 45.1 Å². The number of anilines is 2. The van der Waals surface area contributed by atoms with E-state index in [0.29, 0.717) is 19.0 Å². The first kappa shape index (κ1) is 27.9. The van der Waals surface area contributed by atoms with E-state index in [0.717, 1.165) is 48.0 Å². The van der Waals surface area contributed by atoms with Crippen molar-refractivity contribution in [2.45, 2.75) is 63.6 Å². The fourth-order valence-corrected chi connectivity index (χ4v) is 6.52. The fraction of sp³-hybridized carbons (Fsp3) is 0.433. The first-order valence-corrected chi connectivity index (χ1v) is 17.5. The summed E-state index contributed by atoms with van der Waals surface area (Å²) in [5.74, 6) is -0.549. The summed E-state index contributed by atoms with van der Waals surface area (Å²) in [4.78, 5) is 26.5. The lowest BCUT2D eigenvalue weighted by atomic mass is 9.89. The van der Waals surface area contributed by atoms with Gasteiger partial charge in [-0.25, -0.2) is 14.3 Å². The van der Waals surface area contributed by atoms with Gasteiger partial charge in [-0.1, -0.05) is 43.9 Å². The number of carbonyl (C=O) groups excluding carboxylic acids is 1. The molecule has 1 amide bonds. The average Bonchev–Trinajstić information content (AvgIpc) is 3.49. The molecule has 2 aliphatic rings. The molecule has 0 fully saturated rings. The summed E-state index contributed by atoms with van der Waals surface area (Å²) in [5, 5.41) is 18.2. The third kappa shape index (κ3) is 5.51. The summed E-state index contributed by atoms with van der Waals surface area (Å²) in [6, 6.07) is 14.7. The Kier molecular flexibility index (Phi) is 7.74. The summed E-state index contributed by atoms with van der Waals surface area (Å²) in [7, 11) is 0.183. The van der Waals surface area contributed by atoms with Gasteiger partial charge in [0.15, 0.2) is 5.54 Å². The Morgan fingerprint density at radius 3 is 2.65 bits per heavy atom. The lowest BCUT2D eigenvalue weighted by Crippen LogP contribution is -2.56. The van der Waals surface area contributed by atoms with Crippen LogP contribution in [0.5, 0.6) is 0 Å². The van der Waals surface area contributed by atoms with E-state index in [1.807, 2.05) is 22.9 Å². The van der Waals surface area contributed by atoms with Gasteiger partial charge in [0.25, 0.3) is 0 Å². The molecule has 0 saturated heterocycles. The summed E-state index contributed by atoms with van der Waals surface area (Å²) < 4.78 is 12.9. The van der Waals surface area contributed by atoms with Crippen LogP contribution in [0.4, 0.5) is 16.2 Å². The molecule has 1 aromatic heterocycles. The molecule has 0 spiro atoms. The van der Waals surface area contributed by atoms with E-state index < -0.39 is 25.7 Å². The number of para-hydroxylation sites is 1. The van der Waals surface area contributed by atoms with Crippen molar-refractivity contribution in [2.24, 2.45) is 0 Å². The normalized spacial score (nSPS) is 17.6. The molecular formula is C30H38N4O5Si. The maximum absolute atomic E-state index is 13.0. The van der Waals surface area contributed by atoms with Crippen molar-refractivity contribution >= 4 is 31.5 Å². The zero-order chi connectivity index (χ0) is 28.5. The summed E-state index contributed by atoms with van der Waals surface area (Å²) >= 11 is 0. The molecule has 2 heterocycles. The molecule has 0 radical (unpaired) electrons. The highest BCUT2D eigenvalue weighted by atomic mass is 28.3. The quantitative estimate of drug-likeness (QED) is 0.193. The Bertz CT molecular complexity index is 1420. The number of hydrogen-bond donors (Lipinski definition) is 2. The number of aromatic nitrogens is 2. The SMILES string of the molecule is COC(=O)C1(CCNc2ccc3c(c2)CCc2nn(COCC[Si](C)(C)C)cc2-3)Cc2ccccc2N1C(=O)O. The number of carboxylic acid groups (broad SMARTS) is 1. The lowest BCUT2D eigenvalue weighted by Gasteiger charge is -2.34. The molecule has 40 heavy (non-hydrogen) atoms. The molecule has 10 heteroatoms. The van der Waals surface area contributed by atoms with Crippen LogP contribution in [-0.2, 0) is 40.3 Å². The highest BCUT2D eigenvalue weighted by Crippen LogP contribution is 2.42. The number of esters is 1. The van der Waals surface area contributed by atoms with Crippen LogP contribution in [0.25, 0.3) is 11.1 Å². The van der Waals surface area contributed by atoms with Crippen LogP contribution in [0.3, 0.4) is 0 Å². The molecule has 1 unspecified atom stereocenters. The van der Waals surface area contributed by atoms with Crippen molar-refractivity contribution in [3.05, 3.63) is 65.5 Å². The Labute approximate surface area is 236 Å². The number of ether oxygens (including phenoxy) is 2. The smallest absolute Gasteiger partial charge is 0.412 e. The molecule has 1 atom stereocenters. The molecule has 2 N–H and O–H groups in total. The maximum atomic E-state index is 13.0. The number of methoxy groups -OCH3 is 1. The van der Waals surface area contributed by atoms with Crippen molar-refractivity contribution in [1.29, 1.82) is 0 Å². The van der Waals surface area contributed by atoms with Crippen molar-refractivity contribution in [3.63, 3.8) is 0 Å². The van der Waals surface area contributed by atoms with Crippen molar-refractivity contribution in [1.82, 2.24) is 9.78 Å². The van der Waals surface area contributed by atoms with E-state index in [9.17, 15) is 14.7 Å². The molecule has 0 bridgehead atoms. The number of nitrogens with one attached hydrogen (secondary N) is 1. The van der Waals surface area contributed by atoms with Gasteiger partial charge in [-0.3, -0.25) is 4.90 Å². The molecule has 1 aliphatic carbocycles. The highest BCUT2D eigenvalue weighted by Gasteiger charge is 2.53. The number of fused-ring (bicyclic) bond motifs is 4. The van der Waals surface area contributed by atoms with Gasteiger partial charge in [0.1, 0.15) is 6.73 Å². The first-order valence-electron chi connectivity index (χ1n) is 13.8. The van der Waals surface area contributed by atoms with Gasteiger partial charge in [-0.2, -0.15) is 5.10 Å². The standard InChI is InChI=1S/C30H38N4O5Si/c1-38-28(35)30(18-22-7-5-6-8-27(22)34(30)29(36)37)13-14-31-23-10-11-24-21(17-23)9-12-26-25(24)19-33(32-26)20-39-15-16-40(2,3)4/h5-8,10-11,17,19,31H,9,12-16,18,20H2,1-4H3,(H,36,37). The van der Waals surface area contributed by atoms with E-state index in [2.05, 4.69) is 43.3 Å². The summed E-state index contributed by atoms with van der Waals surface area (Å²) in [6.45, 7) is 8.67. The fourth-order valence-electron chi connectivity index (χ4n) is 5.76. The van der Waals surface area contributed by atoms with E-state index in [1.54, 1.807) is 12.1 Å². The van der Waals surface area contributed by atoms with Gasteiger partial charge in [0.2, 0.25) is 0 Å². The molecule has 212 valence electrons. The topological polar surface area (TPSA) is 106 Å². The largest absolute Gasteiger partial charge is 0.467 e. The number of amides is 1. The number of benzene rings is 2. The van der Waals surface area contributed by atoms with Crippen LogP contribution in [0.15, 0.2) is 48.7 Å². The van der Waals surface area contributed by atoms with Crippen LogP contribution in [0.1, 0.15) is 23.2 Å². The maximum Gasteiger partial charge on any atom is 0.412 e. The van der Waals surface area contributed by atoms with Crippen molar-refractivity contribution in [3.8, 4) is 11.1 Å². The van der Waals surface area contributed by atoms with E-state index in [4.69, 9.17) is 14.6 Å². The minimum atomic E-state index is -1.31. The van der Waals surface area contributed by atoms with Gasteiger partial charge < -0.3 is 19.9 Å². The second-order valence-corrected chi connectivity index (χ2v) is 17.5. The highest BCUT2D eigenvalue weighted by molar-refractivity contribution is 6.76. The third-order valence-electron chi connectivity index (χ3n) is 7.85. The van der Waals surface area contributed by atoms with Crippen LogP contribution < -0.4 is 10.2 Å². The first-order chi connectivity index (χ1) is 19.1. The van der Waals surface area contributed by atoms with Crippen molar-refractivity contribution in [2.75, 3.05) is 30.5 Å². The predicted octanol–water partition coefficient (Wildman–Crippen LogP) is 5.42. The molecule has 1 aliphatic heterocycles. The Morgan fingerprint density at radius 2 is 1.90 bits per heavy atom. The molecule has 9 nitrogen and oxygen atoms in total. The Balaban J connectivity index is 1.27. The van der Waals surface area contributed by atoms with Crippen LogP contribution >= 0.6 is 0 Å². The minimum Gasteiger partial charge on any atom is -0.467 e. The molecule has 3 aromatic rings. The molecular weight excluding hydrogens is 524 g/mol. The molecule has 0 saturated carbocycles. The lowest BCUT2D eigenvalue weighted by molar-refractivity contribution is -0.147. The monoisotopic (exact) mass is 562 g/mol. The number of aryl methyl sites for hydroxylation is 2. The molecule has 2 aromatic carbocycles. The van der Waals surface area contributed by atoms with Gasteiger partial charge in [-0.15, -0.1) is 0 Å². The Hall–Kier alpha value is -3.63. The van der Waals surface area contributed by atoms with Gasteiger partial charge >= 0.3 is 12.1 Å². The summed E-state index contributed by atoms with van der Waals surface area (Å²) in [5.41, 5.74) is 5.63. The third-order valence-corrected chi connectivity index (χ3v) is 9.56. The van der Waals surface area contributed by atoms with E-state index >= 15 is 0 Å². The predicted molar refractivity (Wildman–Crippen MR) is 158 cm³/mol. The number of rotatable bonds is 10. The van der Waals surface area contributed by atoms with Crippen LogP contribution in [0.2, 0.25) is 25.7 Å².